The zero-order chi connectivity index (χ0) is 20.1. The van der Waals surface area contributed by atoms with Crippen LogP contribution in [-0.2, 0) is 0 Å². The second kappa shape index (κ2) is 8.16. The Labute approximate surface area is 160 Å². The van der Waals surface area contributed by atoms with Crippen molar-refractivity contribution in [2.45, 2.75) is 0 Å². The average molecular weight is 383 g/mol. The zero-order valence-electron chi connectivity index (χ0n) is 15.1. The maximum absolute atomic E-state index is 13.1. The summed E-state index contributed by atoms with van der Waals surface area (Å²) in [7, 11) is 3.55. The van der Waals surface area contributed by atoms with Crippen molar-refractivity contribution < 1.29 is 14.6 Å². The van der Waals surface area contributed by atoms with Crippen LogP contribution in [0.15, 0.2) is 47.6 Å². The molecule has 3 rings (SSSR count). The van der Waals surface area contributed by atoms with Crippen molar-refractivity contribution in [1.82, 2.24) is 15.0 Å². The van der Waals surface area contributed by atoms with Crippen molar-refractivity contribution in [2.24, 2.45) is 5.10 Å². The van der Waals surface area contributed by atoms with Gasteiger partial charge in [0.05, 0.1) is 6.21 Å². The molecule has 144 valence electrons. The summed E-state index contributed by atoms with van der Waals surface area (Å²) in [6.45, 7) is 0. The van der Waals surface area contributed by atoms with Gasteiger partial charge in [-0.25, -0.2) is 9.82 Å². The number of hydrazone groups is 1. The van der Waals surface area contributed by atoms with Gasteiger partial charge in [0.1, 0.15) is 17.3 Å². The van der Waals surface area contributed by atoms with Gasteiger partial charge in [0.25, 0.3) is 0 Å². The number of benzene rings is 2. The lowest BCUT2D eigenvalue weighted by Crippen LogP contribution is -2.15. The van der Waals surface area contributed by atoms with Crippen molar-refractivity contribution in [2.75, 3.05) is 29.7 Å². The highest BCUT2D eigenvalue weighted by atomic mass is 19.1. The summed E-state index contributed by atoms with van der Waals surface area (Å²) < 4.78 is 13.1. The second-order valence-electron chi connectivity index (χ2n) is 5.92. The highest BCUT2D eigenvalue weighted by Gasteiger charge is 2.08. The molecule has 0 amide bonds. The van der Waals surface area contributed by atoms with Gasteiger partial charge < -0.3 is 20.4 Å². The van der Waals surface area contributed by atoms with Gasteiger partial charge in [-0.1, -0.05) is 0 Å². The molecular formula is C18H18FN7O2. The molecule has 2 aromatic carbocycles. The lowest BCUT2D eigenvalue weighted by molar-refractivity contribution is 0.450. The molecule has 0 spiro atoms. The summed E-state index contributed by atoms with van der Waals surface area (Å²) >= 11 is 0. The second-order valence-corrected chi connectivity index (χ2v) is 5.92. The number of nitrogens with one attached hydrogen (secondary N) is 2. The number of aromatic hydroxyl groups is 2. The van der Waals surface area contributed by atoms with E-state index in [0.717, 1.165) is 0 Å². The third kappa shape index (κ3) is 4.81. The first-order valence-corrected chi connectivity index (χ1v) is 8.18. The van der Waals surface area contributed by atoms with E-state index in [2.05, 4.69) is 30.8 Å². The fourth-order valence-corrected chi connectivity index (χ4v) is 2.13. The number of hydrogen-bond acceptors (Lipinski definition) is 9. The smallest absolute Gasteiger partial charge is 0.250 e. The highest BCUT2D eigenvalue weighted by molar-refractivity contribution is 5.84. The van der Waals surface area contributed by atoms with Crippen LogP contribution in [0.5, 0.6) is 11.5 Å². The van der Waals surface area contributed by atoms with Crippen LogP contribution >= 0.6 is 0 Å². The molecule has 28 heavy (non-hydrogen) atoms. The Kier molecular flexibility index (Phi) is 5.49. The van der Waals surface area contributed by atoms with Crippen LogP contribution in [0, 0.1) is 5.82 Å². The third-order valence-corrected chi connectivity index (χ3v) is 3.51. The Morgan fingerprint density at radius 3 is 2.39 bits per heavy atom. The monoisotopic (exact) mass is 383 g/mol. The van der Waals surface area contributed by atoms with Crippen LogP contribution in [0.4, 0.5) is 27.9 Å². The molecule has 4 N–H and O–H groups in total. The van der Waals surface area contributed by atoms with Crippen LogP contribution in [-0.4, -0.2) is 45.5 Å². The molecule has 0 aliphatic heterocycles. The molecule has 0 bridgehead atoms. The van der Waals surface area contributed by atoms with E-state index in [1.807, 2.05) is 0 Å². The number of halogens is 1. The minimum Gasteiger partial charge on any atom is -0.508 e. The molecule has 3 aromatic rings. The van der Waals surface area contributed by atoms with Crippen molar-refractivity contribution in [1.29, 1.82) is 0 Å². The molecule has 0 saturated carbocycles. The summed E-state index contributed by atoms with van der Waals surface area (Å²) in [5, 5.41) is 26.1. The summed E-state index contributed by atoms with van der Waals surface area (Å²) in [4.78, 5) is 14.4. The maximum atomic E-state index is 13.1. The minimum absolute atomic E-state index is 0.0489. The minimum atomic E-state index is -0.343. The molecule has 9 nitrogen and oxygen atoms in total. The lowest BCUT2D eigenvalue weighted by atomic mass is 10.2. The number of anilines is 4. The van der Waals surface area contributed by atoms with Crippen molar-refractivity contribution in [3.05, 3.63) is 53.8 Å². The maximum Gasteiger partial charge on any atom is 0.250 e. The average Bonchev–Trinajstić information content (AvgIpc) is 2.65. The van der Waals surface area contributed by atoms with Gasteiger partial charge in [0.15, 0.2) is 0 Å². The fourth-order valence-electron chi connectivity index (χ4n) is 2.13. The molecule has 1 heterocycles. The Hall–Kier alpha value is -3.95. The topological polar surface area (TPSA) is 119 Å². The molecule has 0 aliphatic rings. The predicted octanol–water partition coefficient (Wildman–Crippen LogP) is 2.68. The fraction of sp³-hybridized carbons (Fsp3) is 0.111. The van der Waals surface area contributed by atoms with E-state index in [9.17, 15) is 14.6 Å². The standard InChI is InChI=1S/C18H18FN7O2/c1-26(2)18-23-16(21-13-6-4-12(19)5-7-13)22-17(24-18)25-20-10-11-3-8-14(27)9-15(11)28/h3-10,27-28H,1-2H3,(H2,21,22,23,24,25)/b20-10-. The first-order chi connectivity index (χ1) is 13.4. The van der Waals surface area contributed by atoms with Gasteiger partial charge >= 0.3 is 0 Å². The van der Waals surface area contributed by atoms with E-state index in [-0.39, 0.29) is 29.2 Å². The number of rotatable bonds is 6. The Balaban J connectivity index is 1.80. The first kappa shape index (κ1) is 18.8. The molecule has 0 fully saturated rings. The molecule has 10 heteroatoms. The largest absolute Gasteiger partial charge is 0.508 e. The van der Waals surface area contributed by atoms with Crippen molar-refractivity contribution in [3.8, 4) is 11.5 Å². The quantitative estimate of drug-likeness (QED) is 0.379. The predicted molar refractivity (Wildman–Crippen MR) is 105 cm³/mol. The van der Waals surface area contributed by atoms with E-state index in [1.54, 1.807) is 31.1 Å². The molecule has 0 radical (unpaired) electrons. The van der Waals surface area contributed by atoms with Gasteiger partial charge in [-0.05, 0) is 36.4 Å². The van der Waals surface area contributed by atoms with Gasteiger partial charge in [0.2, 0.25) is 17.8 Å². The van der Waals surface area contributed by atoms with Crippen LogP contribution < -0.4 is 15.6 Å². The zero-order valence-corrected chi connectivity index (χ0v) is 15.1. The van der Waals surface area contributed by atoms with Crippen LogP contribution in [0.2, 0.25) is 0 Å². The number of hydrogen-bond donors (Lipinski definition) is 4. The van der Waals surface area contributed by atoms with Crippen LogP contribution in [0.1, 0.15) is 5.56 Å². The Morgan fingerprint density at radius 2 is 1.71 bits per heavy atom. The third-order valence-electron chi connectivity index (χ3n) is 3.51. The highest BCUT2D eigenvalue weighted by Crippen LogP contribution is 2.21. The molecule has 0 unspecified atom stereocenters. The van der Waals surface area contributed by atoms with Gasteiger partial charge in [-0.3, -0.25) is 0 Å². The number of phenols is 2. The molecule has 1 aromatic heterocycles. The first-order valence-electron chi connectivity index (χ1n) is 8.18. The van der Waals surface area contributed by atoms with Gasteiger partial charge in [-0.15, -0.1) is 0 Å². The van der Waals surface area contributed by atoms with E-state index < -0.39 is 0 Å². The van der Waals surface area contributed by atoms with Crippen LogP contribution in [0.25, 0.3) is 0 Å². The summed E-state index contributed by atoms with van der Waals surface area (Å²) in [5.41, 5.74) is 3.68. The summed E-state index contributed by atoms with van der Waals surface area (Å²) in [6, 6.07) is 9.92. The van der Waals surface area contributed by atoms with Gasteiger partial charge in [0, 0.05) is 31.4 Å². The molecule has 0 aliphatic carbocycles. The van der Waals surface area contributed by atoms with Gasteiger partial charge in [-0.2, -0.15) is 20.1 Å². The SMILES string of the molecule is CN(C)c1nc(N/N=C\c2ccc(O)cc2O)nc(Nc2ccc(F)cc2)n1. The summed E-state index contributed by atoms with van der Waals surface area (Å²) in [6.07, 6.45) is 1.36. The molecular weight excluding hydrogens is 365 g/mol. The Morgan fingerprint density at radius 1 is 1.00 bits per heavy atom. The lowest BCUT2D eigenvalue weighted by Gasteiger charge is -2.13. The van der Waals surface area contributed by atoms with E-state index in [0.29, 0.717) is 17.2 Å². The molecule has 0 atom stereocenters. The Bertz CT molecular complexity index is 994. The van der Waals surface area contributed by atoms with E-state index in [4.69, 9.17) is 0 Å². The number of nitrogens with zero attached hydrogens (tertiary/aromatic N) is 5. The molecule has 0 saturated heterocycles. The van der Waals surface area contributed by atoms with E-state index >= 15 is 0 Å². The number of aromatic nitrogens is 3. The summed E-state index contributed by atoms with van der Waals surface area (Å²) in [5.74, 6) is 0.281. The van der Waals surface area contributed by atoms with Crippen molar-refractivity contribution in [3.63, 3.8) is 0 Å². The van der Waals surface area contributed by atoms with Crippen LogP contribution in [0.3, 0.4) is 0 Å². The van der Waals surface area contributed by atoms with Crippen molar-refractivity contribution >= 4 is 29.7 Å². The van der Waals surface area contributed by atoms with E-state index in [1.165, 1.54) is 36.5 Å². The normalized spacial score (nSPS) is 10.8. The number of phenolic OH excluding ortho intramolecular Hbond substituents is 2.